The Labute approximate surface area is 138 Å². The van der Waals surface area contributed by atoms with Gasteiger partial charge in [-0.25, -0.2) is 0 Å². The number of likely N-dealkylation sites (tertiary alicyclic amines) is 2. The van der Waals surface area contributed by atoms with E-state index < -0.39 is 0 Å². The highest BCUT2D eigenvalue weighted by atomic mass is 16.2. The summed E-state index contributed by atoms with van der Waals surface area (Å²) in [5.74, 6) is 0.682. The van der Waals surface area contributed by atoms with E-state index in [1.807, 2.05) is 28.0 Å². The number of piperidine rings is 2. The van der Waals surface area contributed by atoms with Crippen molar-refractivity contribution in [2.75, 3.05) is 26.2 Å². The fourth-order valence-corrected chi connectivity index (χ4v) is 3.62. The van der Waals surface area contributed by atoms with Gasteiger partial charge in [0.2, 0.25) is 0 Å². The van der Waals surface area contributed by atoms with E-state index >= 15 is 0 Å². The lowest BCUT2D eigenvalue weighted by molar-refractivity contribution is 0.0683. The van der Waals surface area contributed by atoms with Crippen molar-refractivity contribution in [3.63, 3.8) is 0 Å². The topological polar surface area (TPSA) is 40.6 Å². The molecule has 124 valence electrons. The highest BCUT2D eigenvalue weighted by Crippen LogP contribution is 2.19. The molecule has 1 aromatic rings. The van der Waals surface area contributed by atoms with Crippen LogP contribution in [0, 0.1) is 5.92 Å². The Morgan fingerprint density at radius 2 is 1.52 bits per heavy atom. The van der Waals surface area contributed by atoms with Gasteiger partial charge in [-0.3, -0.25) is 9.59 Å². The molecule has 4 nitrogen and oxygen atoms in total. The molecule has 4 heteroatoms. The van der Waals surface area contributed by atoms with Crippen molar-refractivity contribution in [2.24, 2.45) is 5.92 Å². The maximum Gasteiger partial charge on any atom is 0.253 e. The Hall–Kier alpha value is -1.84. The van der Waals surface area contributed by atoms with Crippen LogP contribution in [0.1, 0.15) is 59.7 Å². The van der Waals surface area contributed by atoms with E-state index in [0.717, 1.165) is 45.4 Å². The number of carbonyl (C=O) groups excluding carboxylic acids is 2. The van der Waals surface area contributed by atoms with Crippen LogP contribution >= 0.6 is 0 Å². The molecule has 2 saturated heterocycles. The zero-order valence-electron chi connectivity index (χ0n) is 14.0. The van der Waals surface area contributed by atoms with Crippen LogP contribution in [-0.2, 0) is 0 Å². The van der Waals surface area contributed by atoms with E-state index in [1.54, 1.807) is 6.07 Å². The smallest absolute Gasteiger partial charge is 0.253 e. The van der Waals surface area contributed by atoms with Gasteiger partial charge in [0, 0.05) is 37.3 Å². The molecular formula is C19H26N2O2. The normalized spacial score (nSPS) is 22.0. The summed E-state index contributed by atoms with van der Waals surface area (Å²) in [4.78, 5) is 29.1. The number of hydrogen-bond donors (Lipinski definition) is 0. The quantitative estimate of drug-likeness (QED) is 0.841. The van der Waals surface area contributed by atoms with Gasteiger partial charge < -0.3 is 9.80 Å². The minimum Gasteiger partial charge on any atom is -0.339 e. The molecule has 2 aliphatic rings. The lowest BCUT2D eigenvalue weighted by Crippen LogP contribution is -2.39. The summed E-state index contributed by atoms with van der Waals surface area (Å²) in [6.45, 7) is 5.51. The number of rotatable bonds is 2. The van der Waals surface area contributed by atoms with Crippen LogP contribution in [0.15, 0.2) is 24.3 Å². The lowest BCUT2D eigenvalue weighted by Gasteiger charge is -2.31. The molecule has 2 fully saturated rings. The van der Waals surface area contributed by atoms with Gasteiger partial charge in [-0.05, 0) is 56.2 Å². The van der Waals surface area contributed by atoms with Gasteiger partial charge >= 0.3 is 0 Å². The summed E-state index contributed by atoms with van der Waals surface area (Å²) < 4.78 is 0. The minimum atomic E-state index is 0.0600. The van der Waals surface area contributed by atoms with Crippen molar-refractivity contribution in [1.82, 2.24) is 9.80 Å². The van der Waals surface area contributed by atoms with E-state index in [-0.39, 0.29) is 11.8 Å². The van der Waals surface area contributed by atoms with Crippen LogP contribution in [0.3, 0.4) is 0 Å². The van der Waals surface area contributed by atoms with Crippen LogP contribution in [0.5, 0.6) is 0 Å². The zero-order valence-corrected chi connectivity index (χ0v) is 14.0. The minimum absolute atomic E-state index is 0.0600. The molecule has 1 unspecified atom stereocenters. The van der Waals surface area contributed by atoms with Gasteiger partial charge in [0.05, 0.1) is 0 Å². The molecule has 2 amide bonds. The summed E-state index contributed by atoms with van der Waals surface area (Å²) in [5, 5.41) is 0. The fraction of sp³-hybridized carbons (Fsp3) is 0.579. The second kappa shape index (κ2) is 7.16. The van der Waals surface area contributed by atoms with Crippen LogP contribution < -0.4 is 0 Å². The van der Waals surface area contributed by atoms with E-state index in [2.05, 4.69) is 6.92 Å². The van der Waals surface area contributed by atoms with Crippen LogP contribution in [0.4, 0.5) is 0 Å². The van der Waals surface area contributed by atoms with Gasteiger partial charge in [0.1, 0.15) is 0 Å². The number of carbonyl (C=O) groups is 2. The van der Waals surface area contributed by atoms with E-state index in [1.165, 1.54) is 12.8 Å². The number of amides is 2. The van der Waals surface area contributed by atoms with Crippen molar-refractivity contribution in [1.29, 1.82) is 0 Å². The summed E-state index contributed by atoms with van der Waals surface area (Å²) in [6.07, 6.45) is 5.62. The molecule has 2 aliphatic heterocycles. The van der Waals surface area contributed by atoms with Crippen LogP contribution in [0.25, 0.3) is 0 Å². The average molecular weight is 314 g/mol. The molecule has 3 rings (SSSR count). The molecule has 0 radical (unpaired) electrons. The van der Waals surface area contributed by atoms with Gasteiger partial charge in [-0.15, -0.1) is 0 Å². The first-order valence-electron chi connectivity index (χ1n) is 8.84. The monoisotopic (exact) mass is 314 g/mol. The SMILES string of the molecule is CC1CCCN(C(=O)c2cccc(C(=O)N3CCCCC3)c2)C1. The molecule has 0 spiro atoms. The number of nitrogens with zero attached hydrogens (tertiary/aromatic N) is 2. The zero-order chi connectivity index (χ0) is 16.2. The largest absolute Gasteiger partial charge is 0.339 e. The van der Waals surface area contributed by atoms with Crippen molar-refractivity contribution >= 4 is 11.8 Å². The third kappa shape index (κ3) is 3.74. The highest BCUT2D eigenvalue weighted by Gasteiger charge is 2.23. The summed E-state index contributed by atoms with van der Waals surface area (Å²) in [7, 11) is 0. The molecule has 0 saturated carbocycles. The molecule has 0 bridgehead atoms. The Morgan fingerprint density at radius 3 is 2.17 bits per heavy atom. The third-order valence-corrected chi connectivity index (χ3v) is 4.94. The molecule has 0 aromatic heterocycles. The van der Waals surface area contributed by atoms with Crippen LogP contribution in [-0.4, -0.2) is 47.8 Å². The fourth-order valence-electron chi connectivity index (χ4n) is 3.62. The Balaban J connectivity index is 1.73. The van der Waals surface area contributed by atoms with Crippen LogP contribution in [0.2, 0.25) is 0 Å². The standard InChI is InChI=1S/C19H26N2O2/c1-15-7-6-12-21(14-15)19(23)17-9-5-8-16(13-17)18(22)20-10-3-2-4-11-20/h5,8-9,13,15H,2-4,6-7,10-12,14H2,1H3. The van der Waals surface area contributed by atoms with Gasteiger partial charge in [0.15, 0.2) is 0 Å². The highest BCUT2D eigenvalue weighted by molar-refractivity contribution is 5.99. The molecule has 1 atom stereocenters. The number of benzene rings is 1. The molecule has 0 aliphatic carbocycles. The molecule has 0 N–H and O–H groups in total. The van der Waals surface area contributed by atoms with E-state index in [4.69, 9.17) is 0 Å². The van der Waals surface area contributed by atoms with Crippen molar-refractivity contribution in [3.05, 3.63) is 35.4 Å². The Morgan fingerprint density at radius 1 is 0.913 bits per heavy atom. The predicted octanol–water partition coefficient (Wildman–Crippen LogP) is 3.18. The molecule has 2 heterocycles. The predicted molar refractivity (Wildman–Crippen MR) is 90.5 cm³/mol. The first-order chi connectivity index (χ1) is 11.1. The van der Waals surface area contributed by atoms with Gasteiger partial charge in [-0.2, -0.15) is 0 Å². The van der Waals surface area contributed by atoms with Gasteiger partial charge in [0.25, 0.3) is 11.8 Å². The molecular weight excluding hydrogens is 288 g/mol. The van der Waals surface area contributed by atoms with Crippen molar-refractivity contribution in [3.8, 4) is 0 Å². The van der Waals surface area contributed by atoms with Gasteiger partial charge in [-0.1, -0.05) is 13.0 Å². The Kier molecular flexibility index (Phi) is 4.99. The lowest BCUT2D eigenvalue weighted by atomic mass is 9.99. The van der Waals surface area contributed by atoms with E-state index in [9.17, 15) is 9.59 Å². The summed E-state index contributed by atoms with van der Waals surface area (Å²) >= 11 is 0. The van der Waals surface area contributed by atoms with Crippen molar-refractivity contribution in [2.45, 2.75) is 39.0 Å². The summed E-state index contributed by atoms with van der Waals surface area (Å²) in [5.41, 5.74) is 1.28. The van der Waals surface area contributed by atoms with Crippen molar-refractivity contribution < 1.29 is 9.59 Å². The maximum absolute atomic E-state index is 12.7. The summed E-state index contributed by atoms with van der Waals surface area (Å²) in [6, 6.07) is 7.26. The first-order valence-corrected chi connectivity index (χ1v) is 8.84. The maximum atomic E-state index is 12.7. The third-order valence-electron chi connectivity index (χ3n) is 4.94. The molecule has 23 heavy (non-hydrogen) atoms. The second-order valence-corrected chi connectivity index (χ2v) is 6.93. The molecule has 1 aromatic carbocycles. The Bertz CT molecular complexity index is 578. The van der Waals surface area contributed by atoms with E-state index in [0.29, 0.717) is 17.0 Å². The second-order valence-electron chi connectivity index (χ2n) is 6.93. The average Bonchev–Trinajstić information content (AvgIpc) is 2.61. The first kappa shape index (κ1) is 16.0. The number of hydrogen-bond acceptors (Lipinski definition) is 2.